The molecule has 5 heteroatoms. The number of para-hydroxylation sites is 1. The van der Waals surface area contributed by atoms with Crippen LogP contribution < -0.4 is 10.1 Å². The summed E-state index contributed by atoms with van der Waals surface area (Å²) in [5.74, 6) is 0.275. The maximum absolute atomic E-state index is 11.8. The topological polar surface area (TPSA) is 64.6 Å². The number of ether oxygens (including phenoxy) is 2. The predicted octanol–water partition coefficient (Wildman–Crippen LogP) is 3.79. The van der Waals surface area contributed by atoms with E-state index in [9.17, 15) is 9.59 Å². The summed E-state index contributed by atoms with van der Waals surface area (Å²) in [6.45, 7) is 2.18. The number of nitrogens with one attached hydrogen (secondary N) is 1. The van der Waals surface area contributed by atoms with Gasteiger partial charge in [0.05, 0.1) is 6.61 Å². The molecule has 1 amide bonds. The number of rotatable bonds is 6. The number of aryl methyl sites for hydroxylation is 1. The second-order valence-electron chi connectivity index (χ2n) is 4.83. The van der Waals surface area contributed by atoms with E-state index in [1.165, 1.54) is 0 Å². The van der Waals surface area contributed by atoms with Crippen LogP contribution in [0.1, 0.15) is 18.9 Å². The normalized spacial score (nSPS) is 9.96. The highest BCUT2D eigenvalue weighted by Gasteiger charge is 2.06. The van der Waals surface area contributed by atoms with Crippen molar-refractivity contribution in [3.63, 3.8) is 0 Å². The second-order valence-corrected chi connectivity index (χ2v) is 4.83. The van der Waals surface area contributed by atoms with Gasteiger partial charge < -0.3 is 9.47 Å². The number of hydrogen-bond donors (Lipinski definition) is 1. The van der Waals surface area contributed by atoms with Crippen molar-refractivity contribution in [1.29, 1.82) is 0 Å². The summed E-state index contributed by atoms with van der Waals surface area (Å²) in [6.07, 6.45) is 0.403. The van der Waals surface area contributed by atoms with E-state index in [1.807, 2.05) is 18.2 Å². The molecule has 0 spiro atoms. The highest BCUT2D eigenvalue weighted by molar-refractivity contribution is 5.86. The van der Waals surface area contributed by atoms with Gasteiger partial charge >= 0.3 is 12.1 Å². The minimum Gasteiger partial charge on any atom is -0.466 e. The van der Waals surface area contributed by atoms with Crippen molar-refractivity contribution in [2.24, 2.45) is 0 Å². The minimum absolute atomic E-state index is 0.207. The van der Waals surface area contributed by atoms with Gasteiger partial charge in [0.2, 0.25) is 0 Å². The quantitative estimate of drug-likeness (QED) is 0.824. The van der Waals surface area contributed by atoms with Gasteiger partial charge in [-0.3, -0.25) is 10.1 Å². The summed E-state index contributed by atoms with van der Waals surface area (Å²) in [5, 5.41) is 2.65. The molecule has 2 aromatic rings. The molecule has 0 unspecified atom stereocenters. The van der Waals surface area contributed by atoms with Gasteiger partial charge in [-0.25, -0.2) is 4.79 Å². The van der Waals surface area contributed by atoms with E-state index < -0.39 is 6.09 Å². The second kappa shape index (κ2) is 8.58. The number of benzene rings is 2. The lowest BCUT2D eigenvalue weighted by Crippen LogP contribution is -2.16. The highest BCUT2D eigenvalue weighted by Crippen LogP contribution is 2.13. The maximum Gasteiger partial charge on any atom is 0.417 e. The van der Waals surface area contributed by atoms with Crippen molar-refractivity contribution in [2.75, 3.05) is 11.9 Å². The standard InChI is InChI=1S/C18H19NO4/c1-2-22-17(20)13-10-14-8-11-15(12-9-14)19-18(21)23-16-6-4-3-5-7-16/h3-9,11-12H,2,10,13H2,1H3,(H,19,21). The van der Waals surface area contributed by atoms with Crippen LogP contribution in [0.15, 0.2) is 54.6 Å². The molecule has 0 aromatic heterocycles. The Kier molecular flexibility index (Phi) is 6.17. The van der Waals surface area contributed by atoms with Gasteiger partial charge in [0.15, 0.2) is 0 Å². The lowest BCUT2D eigenvalue weighted by molar-refractivity contribution is -0.143. The third-order valence-electron chi connectivity index (χ3n) is 3.08. The van der Waals surface area contributed by atoms with Crippen LogP contribution in [0.25, 0.3) is 0 Å². The fraction of sp³-hybridized carbons (Fsp3) is 0.222. The Hall–Kier alpha value is -2.82. The van der Waals surface area contributed by atoms with Gasteiger partial charge in [-0.2, -0.15) is 0 Å². The molecule has 2 rings (SSSR count). The van der Waals surface area contributed by atoms with Gasteiger partial charge in [0.1, 0.15) is 5.75 Å². The zero-order valence-corrected chi connectivity index (χ0v) is 13.0. The van der Waals surface area contributed by atoms with Gasteiger partial charge in [-0.05, 0) is 43.2 Å². The van der Waals surface area contributed by atoms with Crippen molar-refractivity contribution in [1.82, 2.24) is 0 Å². The summed E-state index contributed by atoms with van der Waals surface area (Å²) >= 11 is 0. The van der Waals surface area contributed by atoms with Crippen molar-refractivity contribution < 1.29 is 19.1 Å². The van der Waals surface area contributed by atoms with Gasteiger partial charge in [0, 0.05) is 12.1 Å². The van der Waals surface area contributed by atoms with Crippen LogP contribution in [0.4, 0.5) is 10.5 Å². The Morgan fingerprint density at radius 3 is 2.35 bits per heavy atom. The molecule has 0 fully saturated rings. The molecule has 0 saturated heterocycles. The summed E-state index contributed by atoms with van der Waals surface area (Å²) in [5.41, 5.74) is 1.63. The number of anilines is 1. The molecule has 0 saturated carbocycles. The first-order valence-electron chi connectivity index (χ1n) is 7.46. The SMILES string of the molecule is CCOC(=O)CCc1ccc(NC(=O)Oc2ccccc2)cc1. The van der Waals surface area contributed by atoms with Crippen molar-refractivity contribution in [3.05, 3.63) is 60.2 Å². The molecule has 23 heavy (non-hydrogen) atoms. The molecule has 0 aliphatic heterocycles. The Morgan fingerprint density at radius 2 is 1.70 bits per heavy atom. The smallest absolute Gasteiger partial charge is 0.417 e. The van der Waals surface area contributed by atoms with Gasteiger partial charge in [0.25, 0.3) is 0 Å². The number of carbonyl (C=O) groups is 2. The number of esters is 1. The fourth-order valence-corrected chi connectivity index (χ4v) is 1.97. The van der Waals surface area contributed by atoms with E-state index in [1.54, 1.807) is 43.3 Å². The molecule has 5 nitrogen and oxygen atoms in total. The zero-order valence-electron chi connectivity index (χ0n) is 13.0. The van der Waals surface area contributed by atoms with Gasteiger partial charge in [-0.15, -0.1) is 0 Å². The predicted molar refractivity (Wildman–Crippen MR) is 87.5 cm³/mol. The molecule has 0 aliphatic carbocycles. The molecule has 0 atom stereocenters. The number of amides is 1. The van der Waals surface area contributed by atoms with Crippen LogP contribution >= 0.6 is 0 Å². The van der Waals surface area contributed by atoms with Crippen molar-refractivity contribution in [3.8, 4) is 5.75 Å². The maximum atomic E-state index is 11.8. The first-order valence-corrected chi connectivity index (χ1v) is 7.46. The Morgan fingerprint density at radius 1 is 1.00 bits per heavy atom. The van der Waals surface area contributed by atoms with Crippen molar-refractivity contribution in [2.45, 2.75) is 19.8 Å². The third kappa shape index (κ3) is 5.82. The molecule has 0 aliphatic rings. The molecule has 2 aromatic carbocycles. The first-order chi connectivity index (χ1) is 11.2. The molecular formula is C18H19NO4. The van der Waals surface area contributed by atoms with E-state index in [4.69, 9.17) is 9.47 Å². The van der Waals surface area contributed by atoms with Crippen LogP contribution in [0.5, 0.6) is 5.75 Å². The Bertz CT molecular complexity index is 638. The van der Waals surface area contributed by atoms with Crippen LogP contribution in [-0.4, -0.2) is 18.7 Å². The van der Waals surface area contributed by atoms with Crippen molar-refractivity contribution >= 4 is 17.7 Å². The number of hydrogen-bond acceptors (Lipinski definition) is 4. The van der Waals surface area contributed by atoms with E-state index in [0.29, 0.717) is 30.9 Å². The summed E-state index contributed by atoms with van der Waals surface area (Å²) in [6, 6.07) is 16.1. The van der Waals surface area contributed by atoms with E-state index in [0.717, 1.165) is 5.56 Å². The third-order valence-corrected chi connectivity index (χ3v) is 3.08. The number of carbonyl (C=O) groups excluding carboxylic acids is 2. The van der Waals surface area contributed by atoms with Crippen LogP contribution in [0.3, 0.4) is 0 Å². The summed E-state index contributed by atoms with van der Waals surface area (Å²) in [4.78, 5) is 23.1. The molecule has 1 N–H and O–H groups in total. The fourth-order valence-electron chi connectivity index (χ4n) is 1.97. The Labute approximate surface area is 135 Å². The average molecular weight is 313 g/mol. The van der Waals surface area contributed by atoms with E-state index in [-0.39, 0.29) is 5.97 Å². The molecule has 0 heterocycles. The zero-order chi connectivity index (χ0) is 16.5. The summed E-state index contributed by atoms with van der Waals surface area (Å²) in [7, 11) is 0. The van der Waals surface area contributed by atoms with E-state index >= 15 is 0 Å². The largest absolute Gasteiger partial charge is 0.466 e. The molecule has 0 bridgehead atoms. The van der Waals surface area contributed by atoms with Gasteiger partial charge in [-0.1, -0.05) is 30.3 Å². The lowest BCUT2D eigenvalue weighted by atomic mass is 10.1. The van der Waals surface area contributed by atoms with Crippen LogP contribution in [-0.2, 0) is 16.0 Å². The molecule has 120 valence electrons. The average Bonchev–Trinajstić information content (AvgIpc) is 2.55. The van der Waals surface area contributed by atoms with E-state index in [2.05, 4.69) is 5.32 Å². The summed E-state index contributed by atoms with van der Waals surface area (Å²) < 4.78 is 10.0. The Balaban J connectivity index is 1.82. The lowest BCUT2D eigenvalue weighted by Gasteiger charge is -2.07. The monoisotopic (exact) mass is 313 g/mol. The highest BCUT2D eigenvalue weighted by atomic mass is 16.6. The first kappa shape index (κ1) is 16.5. The molecule has 0 radical (unpaired) electrons. The van der Waals surface area contributed by atoms with Crippen LogP contribution in [0, 0.1) is 0 Å². The minimum atomic E-state index is -0.546. The van der Waals surface area contributed by atoms with Crippen LogP contribution in [0.2, 0.25) is 0 Å². The molecular weight excluding hydrogens is 294 g/mol.